The molecule has 1 aromatic rings. The predicted molar refractivity (Wildman–Crippen MR) is 56.5 cm³/mol. The van der Waals surface area contributed by atoms with Gasteiger partial charge in [-0.3, -0.25) is 0 Å². The van der Waals surface area contributed by atoms with Crippen LogP contribution >= 0.6 is 0 Å². The van der Waals surface area contributed by atoms with Gasteiger partial charge in [0, 0.05) is 37.4 Å². The van der Waals surface area contributed by atoms with Crippen molar-refractivity contribution in [2.45, 2.75) is 12.5 Å². The highest BCUT2D eigenvalue weighted by atomic mass is 16.5. The Morgan fingerprint density at radius 2 is 2.21 bits per heavy atom. The van der Waals surface area contributed by atoms with E-state index in [0.29, 0.717) is 12.0 Å². The van der Waals surface area contributed by atoms with Gasteiger partial charge in [0.15, 0.2) is 0 Å². The highest BCUT2D eigenvalue weighted by Gasteiger charge is 2.36. The number of hydrogen-bond acceptors (Lipinski definition) is 2. The highest BCUT2D eigenvalue weighted by Crippen LogP contribution is 2.43. The maximum atomic E-state index is 5.80. The van der Waals surface area contributed by atoms with E-state index in [0.717, 1.165) is 13.2 Å². The average Bonchev–Trinajstić information content (AvgIpc) is 2.66. The van der Waals surface area contributed by atoms with Crippen molar-refractivity contribution in [1.29, 1.82) is 0 Å². The molecule has 2 aliphatic heterocycles. The predicted octanol–water partition coefficient (Wildman–Crippen LogP) is 2.21. The first-order chi connectivity index (χ1) is 6.86. The van der Waals surface area contributed by atoms with Crippen LogP contribution in [0.1, 0.15) is 18.1 Å². The summed E-state index contributed by atoms with van der Waals surface area (Å²) in [6.07, 6.45) is 1.57. The third-order valence-electron chi connectivity index (χ3n) is 3.38. The standard InChI is InChI=1S/C12H15NO/c1-13-8-9-6-7-14-12(9)10-4-2-3-5-11(10)13/h2-5,9,12H,6-8H2,1H3/t9-,12-/m1/s1. The first-order valence-electron chi connectivity index (χ1n) is 5.28. The van der Waals surface area contributed by atoms with E-state index in [2.05, 4.69) is 36.2 Å². The number of benzene rings is 1. The molecule has 2 aliphatic rings. The van der Waals surface area contributed by atoms with E-state index in [1.165, 1.54) is 17.7 Å². The lowest BCUT2D eigenvalue weighted by molar-refractivity contribution is 0.0891. The van der Waals surface area contributed by atoms with Crippen LogP contribution in [0.15, 0.2) is 24.3 Å². The fourth-order valence-electron chi connectivity index (χ4n) is 2.69. The molecule has 0 spiro atoms. The Morgan fingerprint density at radius 3 is 3.14 bits per heavy atom. The first-order valence-corrected chi connectivity index (χ1v) is 5.28. The molecule has 0 unspecified atom stereocenters. The second kappa shape index (κ2) is 2.99. The SMILES string of the molecule is CN1C[C@H]2CCO[C@H]2c2ccccc21. The summed E-state index contributed by atoms with van der Waals surface area (Å²) in [5.41, 5.74) is 2.72. The molecular weight excluding hydrogens is 174 g/mol. The summed E-state index contributed by atoms with van der Waals surface area (Å²) in [5, 5.41) is 0. The fourth-order valence-corrected chi connectivity index (χ4v) is 2.69. The number of anilines is 1. The minimum atomic E-state index is 0.363. The topological polar surface area (TPSA) is 12.5 Å². The molecule has 74 valence electrons. The molecule has 1 saturated heterocycles. The maximum Gasteiger partial charge on any atom is 0.0890 e. The summed E-state index contributed by atoms with van der Waals surface area (Å²) in [6, 6.07) is 8.60. The van der Waals surface area contributed by atoms with E-state index in [1.54, 1.807) is 0 Å². The molecule has 2 nitrogen and oxygen atoms in total. The Morgan fingerprint density at radius 1 is 1.36 bits per heavy atom. The van der Waals surface area contributed by atoms with Gasteiger partial charge in [-0.1, -0.05) is 18.2 Å². The monoisotopic (exact) mass is 189 g/mol. The second-order valence-electron chi connectivity index (χ2n) is 4.28. The summed E-state index contributed by atoms with van der Waals surface area (Å²) in [5.74, 6) is 0.704. The van der Waals surface area contributed by atoms with Gasteiger partial charge in [-0.05, 0) is 12.5 Å². The van der Waals surface area contributed by atoms with Crippen molar-refractivity contribution in [3.63, 3.8) is 0 Å². The van der Waals surface area contributed by atoms with Gasteiger partial charge in [-0.2, -0.15) is 0 Å². The molecule has 0 radical (unpaired) electrons. The Hall–Kier alpha value is -1.02. The molecule has 2 heteroatoms. The molecule has 2 heterocycles. The van der Waals surface area contributed by atoms with Crippen molar-refractivity contribution >= 4 is 5.69 Å². The summed E-state index contributed by atoms with van der Waals surface area (Å²) in [4.78, 5) is 2.35. The molecule has 1 aromatic carbocycles. The van der Waals surface area contributed by atoms with Crippen LogP contribution in [0.25, 0.3) is 0 Å². The van der Waals surface area contributed by atoms with Crippen molar-refractivity contribution in [1.82, 2.24) is 0 Å². The zero-order chi connectivity index (χ0) is 9.54. The van der Waals surface area contributed by atoms with Gasteiger partial charge in [0.05, 0.1) is 6.10 Å². The van der Waals surface area contributed by atoms with Gasteiger partial charge in [-0.25, -0.2) is 0 Å². The van der Waals surface area contributed by atoms with Gasteiger partial charge < -0.3 is 9.64 Å². The highest BCUT2D eigenvalue weighted by molar-refractivity contribution is 5.56. The third kappa shape index (κ3) is 1.07. The largest absolute Gasteiger partial charge is 0.374 e. The molecule has 0 aromatic heterocycles. The molecule has 0 aliphatic carbocycles. The molecule has 2 atom stereocenters. The smallest absolute Gasteiger partial charge is 0.0890 e. The fraction of sp³-hybridized carbons (Fsp3) is 0.500. The lowest BCUT2D eigenvalue weighted by atomic mass is 9.89. The minimum absolute atomic E-state index is 0.363. The Labute approximate surface area is 84.5 Å². The molecule has 0 amide bonds. The summed E-state index contributed by atoms with van der Waals surface area (Å²) in [7, 11) is 2.17. The van der Waals surface area contributed by atoms with Gasteiger partial charge in [0.25, 0.3) is 0 Å². The van der Waals surface area contributed by atoms with Crippen LogP contribution in [0.4, 0.5) is 5.69 Å². The quantitative estimate of drug-likeness (QED) is 0.620. The number of nitrogens with zero attached hydrogens (tertiary/aromatic N) is 1. The van der Waals surface area contributed by atoms with Gasteiger partial charge >= 0.3 is 0 Å². The van der Waals surface area contributed by atoms with Crippen LogP contribution in [0.3, 0.4) is 0 Å². The van der Waals surface area contributed by atoms with Crippen LogP contribution in [0.5, 0.6) is 0 Å². The lowest BCUT2D eigenvalue weighted by Crippen LogP contribution is -2.33. The van der Waals surface area contributed by atoms with E-state index in [-0.39, 0.29) is 0 Å². The van der Waals surface area contributed by atoms with Crippen LogP contribution in [0, 0.1) is 5.92 Å². The third-order valence-corrected chi connectivity index (χ3v) is 3.38. The van der Waals surface area contributed by atoms with Crippen molar-refractivity contribution < 1.29 is 4.74 Å². The van der Waals surface area contributed by atoms with Gasteiger partial charge in [0.2, 0.25) is 0 Å². The van der Waals surface area contributed by atoms with Gasteiger partial charge in [-0.15, -0.1) is 0 Å². The van der Waals surface area contributed by atoms with Crippen molar-refractivity contribution in [2.75, 3.05) is 25.1 Å². The Bertz CT molecular complexity index is 350. The summed E-state index contributed by atoms with van der Waals surface area (Å²) in [6.45, 7) is 2.07. The number of hydrogen-bond donors (Lipinski definition) is 0. The maximum absolute atomic E-state index is 5.80. The zero-order valence-corrected chi connectivity index (χ0v) is 8.44. The summed E-state index contributed by atoms with van der Waals surface area (Å²) >= 11 is 0. The molecule has 14 heavy (non-hydrogen) atoms. The van der Waals surface area contributed by atoms with Crippen LogP contribution < -0.4 is 4.90 Å². The normalized spacial score (nSPS) is 29.9. The average molecular weight is 189 g/mol. The van der Waals surface area contributed by atoms with Crippen molar-refractivity contribution in [3.8, 4) is 0 Å². The number of para-hydroxylation sites is 1. The Balaban J connectivity index is 2.09. The van der Waals surface area contributed by atoms with Crippen molar-refractivity contribution in [2.24, 2.45) is 5.92 Å². The van der Waals surface area contributed by atoms with E-state index < -0.39 is 0 Å². The lowest BCUT2D eigenvalue weighted by Gasteiger charge is -2.34. The van der Waals surface area contributed by atoms with Crippen LogP contribution in [-0.4, -0.2) is 20.2 Å². The first kappa shape index (κ1) is 8.30. The van der Waals surface area contributed by atoms with Crippen LogP contribution in [-0.2, 0) is 4.74 Å². The summed E-state index contributed by atoms with van der Waals surface area (Å²) < 4.78 is 5.80. The molecule has 0 saturated carbocycles. The Kier molecular flexibility index (Phi) is 1.77. The second-order valence-corrected chi connectivity index (χ2v) is 4.28. The minimum Gasteiger partial charge on any atom is -0.374 e. The molecule has 1 fully saturated rings. The zero-order valence-electron chi connectivity index (χ0n) is 8.44. The number of ether oxygens (including phenoxy) is 1. The molecular formula is C12H15NO. The van der Waals surface area contributed by atoms with E-state index in [1.807, 2.05) is 0 Å². The van der Waals surface area contributed by atoms with Gasteiger partial charge in [0.1, 0.15) is 0 Å². The molecule has 0 bridgehead atoms. The van der Waals surface area contributed by atoms with Crippen molar-refractivity contribution in [3.05, 3.63) is 29.8 Å². The molecule has 0 N–H and O–H groups in total. The van der Waals surface area contributed by atoms with E-state index in [9.17, 15) is 0 Å². The van der Waals surface area contributed by atoms with E-state index in [4.69, 9.17) is 4.74 Å². The van der Waals surface area contributed by atoms with E-state index >= 15 is 0 Å². The molecule has 3 rings (SSSR count). The number of rotatable bonds is 0. The van der Waals surface area contributed by atoms with Crippen LogP contribution in [0.2, 0.25) is 0 Å². The number of fused-ring (bicyclic) bond motifs is 3.